The van der Waals surface area contributed by atoms with E-state index in [-0.39, 0.29) is 18.0 Å². The minimum atomic E-state index is -3.59. The van der Waals surface area contributed by atoms with Crippen LogP contribution in [0.5, 0.6) is 5.75 Å². The number of alkyl halides is 2. The number of aromatic hydroxyl groups is 1. The normalized spacial score (nSPS) is 12.7. The Bertz CT molecular complexity index is 445. The average Bonchev–Trinajstić information content (AvgIpc) is 2.28. The summed E-state index contributed by atoms with van der Waals surface area (Å²) in [4.78, 5) is 9.57. The standard InChI is InChI=1S/C9H10F2N2O4.ClH/c10-9(11,4-14)8(12)5-1-2-7(15)6(3-5)13(16)17;/h1-3,8,14-15H,4,12H2;1H/t8-;/m1./s1. The number of hydrogen-bond donors (Lipinski definition) is 3. The zero-order chi connectivity index (χ0) is 13.2. The summed E-state index contributed by atoms with van der Waals surface area (Å²) in [6.45, 7) is -1.47. The molecule has 0 aliphatic heterocycles. The SMILES string of the molecule is Cl.N[C@H](c1ccc(O)c([N+](=O)[O-])c1)C(F)(F)CO. The minimum Gasteiger partial charge on any atom is -0.502 e. The summed E-state index contributed by atoms with van der Waals surface area (Å²) in [5.41, 5.74) is 4.23. The van der Waals surface area contributed by atoms with E-state index in [1.807, 2.05) is 0 Å². The Kier molecular flexibility index (Phi) is 5.40. The monoisotopic (exact) mass is 284 g/mol. The van der Waals surface area contributed by atoms with E-state index in [2.05, 4.69) is 0 Å². The molecule has 0 unspecified atom stereocenters. The summed E-state index contributed by atoms with van der Waals surface area (Å²) in [5, 5.41) is 28.1. The highest BCUT2D eigenvalue weighted by molar-refractivity contribution is 5.85. The number of rotatable bonds is 4. The van der Waals surface area contributed by atoms with E-state index < -0.39 is 34.9 Å². The fraction of sp³-hybridized carbons (Fsp3) is 0.333. The highest BCUT2D eigenvalue weighted by Crippen LogP contribution is 2.33. The van der Waals surface area contributed by atoms with E-state index >= 15 is 0 Å². The first kappa shape index (κ1) is 16.5. The van der Waals surface area contributed by atoms with Gasteiger partial charge in [0.1, 0.15) is 6.61 Å². The molecule has 0 saturated heterocycles. The molecule has 0 fully saturated rings. The summed E-state index contributed by atoms with van der Waals surface area (Å²) in [6.07, 6.45) is 0. The predicted octanol–water partition coefficient (Wildman–Crippen LogP) is 1.35. The molecule has 18 heavy (non-hydrogen) atoms. The van der Waals surface area contributed by atoms with E-state index in [0.717, 1.165) is 18.2 Å². The van der Waals surface area contributed by atoms with Crippen LogP contribution in [0.1, 0.15) is 11.6 Å². The zero-order valence-corrected chi connectivity index (χ0v) is 9.73. The lowest BCUT2D eigenvalue weighted by atomic mass is 10.0. The van der Waals surface area contributed by atoms with Gasteiger partial charge in [0, 0.05) is 6.07 Å². The third kappa shape index (κ3) is 3.25. The Balaban J connectivity index is 0.00000289. The Hall–Kier alpha value is -1.51. The lowest BCUT2D eigenvalue weighted by molar-refractivity contribution is -0.386. The third-order valence-corrected chi connectivity index (χ3v) is 2.22. The van der Waals surface area contributed by atoms with Crippen molar-refractivity contribution in [2.24, 2.45) is 5.73 Å². The molecular weight excluding hydrogens is 274 g/mol. The Labute approximate surface area is 107 Å². The number of nitro groups is 1. The van der Waals surface area contributed by atoms with Crippen molar-refractivity contribution in [1.29, 1.82) is 0 Å². The van der Waals surface area contributed by atoms with E-state index in [9.17, 15) is 18.9 Å². The maximum absolute atomic E-state index is 13.1. The summed E-state index contributed by atoms with van der Waals surface area (Å²) in [5.74, 6) is -4.23. The largest absolute Gasteiger partial charge is 0.502 e. The molecule has 1 aromatic rings. The lowest BCUT2D eigenvalue weighted by Crippen LogP contribution is -2.36. The van der Waals surface area contributed by atoms with Crippen LogP contribution >= 0.6 is 12.4 Å². The molecule has 4 N–H and O–H groups in total. The highest BCUT2D eigenvalue weighted by Gasteiger charge is 2.38. The first-order valence-corrected chi connectivity index (χ1v) is 4.51. The molecule has 1 rings (SSSR count). The second-order valence-corrected chi connectivity index (χ2v) is 3.40. The number of phenolic OH excluding ortho intramolecular Hbond substituents is 1. The zero-order valence-electron chi connectivity index (χ0n) is 8.92. The molecule has 102 valence electrons. The summed E-state index contributed by atoms with van der Waals surface area (Å²) in [7, 11) is 0. The van der Waals surface area contributed by atoms with E-state index in [0.29, 0.717) is 0 Å². The fourth-order valence-electron chi connectivity index (χ4n) is 1.22. The fourth-order valence-corrected chi connectivity index (χ4v) is 1.22. The molecule has 0 aliphatic carbocycles. The van der Waals surface area contributed by atoms with Crippen LogP contribution in [0.4, 0.5) is 14.5 Å². The van der Waals surface area contributed by atoms with Gasteiger partial charge in [0.25, 0.3) is 5.92 Å². The van der Waals surface area contributed by atoms with Gasteiger partial charge in [-0.15, -0.1) is 12.4 Å². The van der Waals surface area contributed by atoms with Gasteiger partial charge in [-0.2, -0.15) is 0 Å². The Morgan fingerprint density at radius 3 is 2.50 bits per heavy atom. The number of aliphatic hydroxyl groups is 1. The second kappa shape index (κ2) is 5.89. The molecule has 9 heteroatoms. The van der Waals surface area contributed by atoms with Crippen LogP contribution in [0.3, 0.4) is 0 Å². The van der Waals surface area contributed by atoms with Crippen molar-refractivity contribution in [3.05, 3.63) is 33.9 Å². The van der Waals surface area contributed by atoms with Crippen LogP contribution in [-0.4, -0.2) is 27.7 Å². The Morgan fingerprint density at radius 2 is 2.06 bits per heavy atom. The highest BCUT2D eigenvalue weighted by atomic mass is 35.5. The van der Waals surface area contributed by atoms with Crippen LogP contribution < -0.4 is 5.73 Å². The molecule has 1 aromatic carbocycles. The van der Waals surface area contributed by atoms with Crippen molar-refractivity contribution in [2.45, 2.75) is 12.0 Å². The van der Waals surface area contributed by atoms with Crippen LogP contribution in [0.15, 0.2) is 18.2 Å². The van der Waals surface area contributed by atoms with Crippen LogP contribution in [0.2, 0.25) is 0 Å². The number of nitrogens with two attached hydrogens (primary N) is 1. The van der Waals surface area contributed by atoms with Crippen molar-refractivity contribution in [3.8, 4) is 5.75 Å². The number of nitro benzene ring substituents is 1. The third-order valence-electron chi connectivity index (χ3n) is 2.22. The van der Waals surface area contributed by atoms with Gasteiger partial charge in [0.2, 0.25) is 0 Å². The smallest absolute Gasteiger partial charge is 0.311 e. The topological polar surface area (TPSA) is 110 Å². The summed E-state index contributed by atoms with van der Waals surface area (Å²) >= 11 is 0. The van der Waals surface area contributed by atoms with Crippen molar-refractivity contribution in [3.63, 3.8) is 0 Å². The second-order valence-electron chi connectivity index (χ2n) is 3.40. The summed E-state index contributed by atoms with van der Waals surface area (Å²) in [6, 6.07) is 0.813. The van der Waals surface area contributed by atoms with Gasteiger partial charge in [-0.1, -0.05) is 6.07 Å². The molecule has 0 aromatic heterocycles. The first-order chi connectivity index (χ1) is 7.79. The molecule has 0 bridgehead atoms. The van der Waals surface area contributed by atoms with Gasteiger partial charge in [-0.05, 0) is 11.6 Å². The number of aliphatic hydroxyl groups excluding tert-OH is 1. The molecular formula is C9H11ClF2N2O4. The van der Waals surface area contributed by atoms with Gasteiger partial charge in [-0.25, -0.2) is 8.78 Å². The van der Waals surface area contributed by atoms with Crippen molar-refractivity contribution in [2.75, 3.05) is 6.61 Å². The van der Waals surface area contributed by atoms with Crippen molar-refractivity contribution >= 4 is 18.1 Å². The van der Waals surface area contributed by atoms with Gasteiger partial charge >= 0.3 is 5.69 Å². The van der Waals surface area contributed by atoms with Gasteiger partial charge in [0.05, 0.1) is 11.0 Å². The van der Waals surface area contributed by atoms with E-state index in [1.165, 1.54) is 0 Å². The van der Waals surface area contributed by atoms with E-state index in [4.69, 9.17) is 15.9 Å². The summed E-state index contributed by atoms with van der Waals surface area (Å²) < 4.78 is 26.1. The lowest BCUT2D eigenvalue weighted by Gasteiger charge is -2.21. The van der Waals surface area contributed by atoms with Crippen molar-refractivity contribution in [1.82, 2.24) is 0 Å². The van der Waals surface area contributed by atoms with Crippen LogP contribution in [0, 0.1) is 10.1 Å². The predicted molar refractivity (Wildman–Crippen MR) is 61.0 cm³/mol. The molecule has 0 spiro atoms. The maximum Gasteiger partial charge on any atom is 0.311 e. The van der Waals surface area contributed by atoms with E-state index in [1.54, 1.807) is 0 Å². The number of hydrogen-bond acceptors (Lipinski definition) is 5. The van der Waals surface area contributed by atoms with Gasteiger partial charge < -0.3 is 15.9 Å². The molecule has 0 saturated carbocycles. The van der Waals surface area contributed by atoms with Gasteiger partial charge in [0.15, 0.2) is 5.75 Å². The molecule has 0 aliphatic rings. The molecule has 1 atom stereocenters. The molecule has 0 heterocycles. The number of halogens is 3. The maximum atomic E-state index is 13.1. The van der Waals surface area contributed by atoms with Crippen LogP contribution in [-0.2, 0) is 0 Å². The first-order valence-electron chi connectivity index (χ1n) is 4.51. The molecule has 0 amide bonds. The number of phenols is 1. The quantitative estimate of drug-likeness (QED) is 0.571. The number of benzene rings is 1. The minimum absolute atomic E-state index is 0. The van der Waals surface area contributed by atoms with Crippen molar-refractivity contribution < 1.29 is 23.9 Å². The molecule has 0 radical (unpaired) electrons. The molecule has 6 nitrogen and oxygen atoms in total. The number of nitrogens with zero attached hydrogens (tertiary/aromatic N) is 1. The van der Waals surface area contributed by atoms with Crippen LogP contribution in [0.25, 0.3) is 0 Å². The Morgan fingerprint density at radius 1 is 1.50 bits per heavy atom. The van der Waals surface area contributed by atoms with Gasteiger partial charge in [-0.3, -0.25) is 10.1 Å². The average molecular weight is 285 g/mol.